The molecular weight excluding hydrogens is 349 g/mol. The summed E-state index contributed by atoms with van der Waals surface area (Å²) in [5.41, 5.74) is 0.511. The summed E-state index contributed by atoms with van der Waals surface area (Å²) in [6.45, 7) is 0. The molecule has 0 fully saturated rings. The molecule has 3 rings (SSSR count). The van der Waals surface area contributed by atoms with Crippen LogP contribution in [0.1, 0.15) is 5.56 Å². The molecule has 0 saturated carbocycles. The predicted octanol–water partition coefficient (Wildman–Crippen LogP) is 3.99. The normalized spacial score (nSPS) is 10.7. The monoisotopic (exact) mass is 365 g/mol. The molecule has 0 bridgehead atoms. The lowest BCUT2D eigenvalue weighted by molar-refractivity contribution is 0.398. The van der Waals surface area contributed by atoms with Crippen LogP contribution in [-0.4, -0.2) is 7.11 Å². The SMILES string of the molecule is COc1cc(C#N)ccc1OP(=S)(c1ccccc1)c1ccccc1. The largest absolute Gasteiger partial charge is 0.493 e. The maximum Gasteiger partial charge on any atom is 0.171 e. The van der Waals surface area contributed by atoms with Gasteiger partial charge in [-0.1, -0.05) is 60.7 Å². The molecule has 0 amide bonds. The highest BCUT2D eigenvalue weighted by atomic mass is 32.4. The highest BCUT2D eigenvalue weighted by Crippen LogP contribution is 2.48. The van der Waals surface area contributed by atoms with Gasteiger partial charge in [0.2, 0.25) is 0 Å². The second-order valence-corrected chi connectivity index (χ2v) is 9.15. The first kappa shape index (κ1) is 17.2. The molecule has 0 saturated heterocycles. The first-order valence-electron chi connectivity index (χ1n) is 7.66. The van der Waals surface area contributed by atoms with Gasteiger partial charge in [-0.25, -0.2) is 0 Å². The number of nitriles is 1. The fourth-order valence-electron chi connectivity index (χ4n) is 2.45. The Balaban J connectivity index is 2.12. The topological polar surface area (TPSA) is 42.2 Å². The smallest absolute Gasteiger partial charge is 0.171 e. The van der Waals surface area contributed by atoms with Crippen molar-refractivity contribution in [3.8, 4) is 17.6 Å². The molecule has 3 aromatic carbocycles. The standard InChI is InChI=1S/C20H16NO2PS/c1-22-20-14-16(15-21)12-13-19(20)23-24(25,17-8-4-2-5-9-17)18-10-6-3-7-11-18/h2-14H,1H3. The Hall–Kier alpha value is -2.60. The van der Waals surface area contributed by atoms with Crippen molar-refractivity contribution in [3.05, 3.63) is 84.4 Å². The molecule has 5 heteroatoms. The van der Waals surface area contributed by atoms with E-state index in [1.807, 2.05) is 60.7 Å². The molecule has 0 radical (unpaired) electrons. The summed E-state index contributed by atoms with van der Waals surface area (Å²) in [4.78, 5) is 0. The molecule has 3 nitrogen and oxygen atoms in total. The number of rotatable bonds is 5. The molecule has 0 N–H and O–H groups in total. The third-order valence-corrected chi connectivity index (χ3v) is 7.61. The quantitative estimate of drug-likeness (QED) is 0.641. The van der Waals surface area contributed by atoms with E-state index in [2.05, 4.69) is 6.07 Å². The molecule has 0 aromatic heterocycles. The minimum absolute atomic E-state index is 0.500. The lowest BCUT2D eigenvalue weighted by atomic mass is 10.2. The van der Waals surface area contributed by atoms with Crippen LogP contribution in [0.15, 0.2) is 78.9 Å². The Kier molecular flexibility index (Phi) is 5.19. The van der Waals surface area contributed by atoms with Crippen LogP contribution in [0.25, 0.3) is 0 Å². The van der Waals surface area contributed by atoms with Crippen LogP contribution in [-0.2, 0) is 11.8 Å². The van der Waals surface area contributed by atoms with E-state index in [1.54, 1.807) is 25.3 Å². The number of hydrogen-bond donors (Lipinski definition) is 0. The average Bonchev–Trinajstić information content (AvgIpc) is 2.69. The summed E-state index contributed by atoms with van der Waals surface area (Å²) < 4.78 is 11.8. The Labute approximate surface area is 152 Å². The fraction of sp³-hybridized carbons (Fsp3) is 0.0500. The van der Waals surface area contributed by atoms with E-state index in [0.29, 0.717) is 17.1 Å². The Bertz CT molecular complexity index is 909. The van der Waals surface area contributed by atoms with Crippen molar-refractivity contribution in [1.82, 2.24) is 0 Å². The van der Waals surface area contributed by atoms with Crippen molar-refractivity contribution in [1.29, 1.82) is 5.26 Å². The minimum atomic E-state index is -2.54. The molecular formula is C20H16NO2PS. The molecule has 0 spiro atoms. The zero-order valence-corrected chi connectivity index (χ0v) is 15.3. The van der Waals surface area contributed by atoms with Crippen molar-refractivity contribution < 1.29 is 9.26 Å². The van der Waals surface area contributed by atoms with E-state index in [4.69, 9.17) is 26.3 Å². The first-order chi connectivity index (χ1) is 12.2. The molecule has 0 aliphatic carbocycles. The van der Waals surface area contributed by atoms with Gasteiger partial charge in [0, 0.05) is 16.7 Å². The van der Waals surface area contributed by atoms with E-state index >= 15 is 0 Å². The third kappa shape index (κ3) is 3.58. The number of methoxy groups -OCH3 is 1. The number of hydrogen-bond acceptors (Lipinski definition) is 4. The van der Waals surface area contributed by atoms with Gasteiger partial charge in [-0.15, -0.1) is 0 Å². The van der Waals surface area contributed by atoms with Crippen LogP contribution in [0.4, 0.5) is 0 Å². The first-order valence-corrected chi connectivity index (χ1v) is 10.4. The molecule has 0 aliphatic rings. The molecule has 3 aromatic rings. The van der Waals surface area contributed by atoms with Gasteiger partial charge in [-0.05, 0) is 23.9 Å². The summed E-state index contributed by atoms with van der Waals surface area (Å²) in [6.07, 6.45) is -2.54. The van der Waals surface area contributed by atoms with Crippen molar-refractivity contribution in [2.75, 3.05) is 7.11 Å². The zero-order valence-electron chi connectivity index (χ0n) is 13.6. The van der Waals surface area contributed by atoms with E-state index in [-0.39, 0.29) is 0 Å². The van der Waals surface area contributed by atoms with Crippen LogP contribution >= 0.6 is 6.26 Å². The minimum Gasteiger partial charge on any atom is -0.493 e. The summed E-state index contributed by atoms with van der Waals surface area (Å²) in [6, 6.07) is 26.9. The lowest BCUT2D eigenvalue weighted by Gasteiger charge is -2.25. The van der Waals surface area contributed by atoms with Crippen LogP contribution in [0, 0.1) is 11.3 Å². The molecule has 25 heavy (non-hydrogen) atoms. The second-order valence-electron chi connectivity index (χ2n) is 5.29. The van der Waals surface area contributed by atoms with Crippen molar-refractivity contribution in [3.63, 3.8) is 0 Å². The van der Waals surface area contributed by atoms with Crippen LogP contribution < -0.4 is 19.9 Å². The van der Waals surface area contributed by atoms with E-state index < -0.39 is 6.26 Å². The number of nitrogens with zero attached hydrogens (tertiary/aromatic N) is 1. The zero-order chi connectivity index (χ0) is 17.7. The van der Waals surface area contributed by atoms with Gasteiger partial charge < -0.3 is 9.26 Å². The van der Waals surface area contributed by atoms with Crippen LogP contribution in [0.2, 0.25) is 0 Å². The summed E-state index contributed by atoms with van der Waals surface area (Å²) in [7, 11) is 1.55. The highest BCUT2D eigenvalue weighted by Gasteiger charge is 2.26. The lowest BCUT2D eigenvalue weighted by Crippen LogP contribution is -2.20. The maximum absolute atomic E-state index is 9.08. The average molecular weight is 365 g/mol. The predicted molar refractivity (Wildman–Crippen MR) is 105 cm³/mol. The summed E-state index contributed by atoms with van der Waals surface area (Å²) in [5, 5.41) is 11.0. The Morgan fingerprint density at radius 3 is 1.88 bits per heavy atom. The number of benzene rings is 3. The van der Waals surface area contributed by atoms with Crippen molar-refractivity contribution in [2.24, 2.45) is 0 Å². The summed E-state index contributed by atoms with van der Waals surface area (Å²) >= 11 is 6.05. The van der Waals surface area contributed by atoms with E-state index in [0.717, 1.165) is 10.6 Å². The van der Waals surface area contributed by atoms with Crippen molar-refractivity contribution in [2.45, 2.75) is 0 Å². The van der Waals surface area contributed by atoms with Crippen LogP contribution in [0.3, 0.4) is 0 Å². The third-order valence-electron chi connectivity index (χ3n) is 3.71. The van der Waals surface area contributed by atoms with E-state index in [1.165, 1.54) is 0 Å². The Morgan fingerprint density at radius 1 is 0.840 bits per heavy atom. The van der Waals surface area contributed by atoms with E-state index in [9.17, 15) is 0 Å². The van der Waals surface area contributed by atoms with Crippen LogP contribution in [0.5, 0.6) is 11.5 Å². The highest BCUT2D eigenvalue weighted by molar-refractivity contribution is 8.19. The van der Waals surface area contributed by atoms with Gasteiger partial charge in [-0.3, -0.25) is 0 Å². The molecule has 0 unspecified atom stereocenters. The van der Waals surface area contributed by atoms with Gasteiger partial charge in [-0.2, -0.15) is 5.26 Å². The van der Waals surface area contributed by atoms with Gasteiger partial charge in [0.15, 0.2) is 17.8 Å². The van der Waals surface area contributed by atoms with Gasteiger partial charge in [0.25, 0.3) is 0 Å². The molecule has 0 aliphatic heterocycles. The van der Waals surface area contributed by atoms with Gasteiger partial charge >= 0.3 is 0 Å². The van der Waals surface area contributed by atoms with Gasteiger partial charge in [0.05, 0.1) is 18.7 Å². The summed E-state index contributed by atoms with van der Waals surface area (Å²) in [5.74, 6) is 1.04. The number of ether oxygens (including phenoxy) is 1. The molecule has 0 heterocycles. The molecule has 124 valence electrons. The molecule has 0 atom stereocenters. The fourth-order valence-corrected chi connectivity index (χ4v) is 5.49. The van der Waals surface area contributed by atoms with Gasteiger partial charge in [0.1, 0.15) is 0 Å². The second kappa shape index (κ2) is 7.53. The maximum atomic E-state index is 9.08. The van der Waals surface area contributed by atoms with Crippen molar-refractivity contribution >= 4 is 28.7 Å². The Morgan fingerprint density at radius 2 is 1.40 bits per heavy atom.